The van der Waals surface area contributed by atoms with E-state index in [1.165, 1.54) is 12.1 Å². The van der Waals surface area contributed by atoms with Gasteiger partial charge in [-0.25, -0.2) is 4.39 Å². The third-order valence-electron chi connectivity index (χ3n) is 3.69. The molecule has 0 unspecified atom stereocenters. The van der Waals surface area contributed by atoms with E-state index < -0.39 is 0 Å². The van der Waals surface area contributed by atoms with Crippen LogP contribution in [0.3, 0.4) is 0 Å². The van der Waals surface area contributed by atoms with Crippen LogP contribution in [0, 0.1) is 19.7 Å². The third-order valence-corrected chi connectivity index (χ3v) is 4.47. The molecule has 0 saturated carbocycles. The first kappa shape index (κ1) is 16.7. The maximum absolute atomic E-state index is 13.3. The number of aryl methyl sites for hydroxylation is 1. The van der Waals surface area contributed by atoms with Crippen molar-refractivity contribution >= 4 is 21.8 Å². The molecule has 0 fully saturated rings. The van der Waals surface area contributed by atoms with Crippen LogP contribution in [0.25, 0.3) is 0 Å². The lowest BCUT2D eigenvalue weighted by Gasteiger charge is -2.13. The number of amides is 1. The van der Waals surface area contributed by atoms with Gasteiger partial charge in [0.15, 0.2) is 0 Å². The monoisotopic (exact) mass is 366 g/mol. The molecule has 2 aromatic rings. The second kappa shape index (κ2) is 6.65. The number of nitrogens with one attached hydrogen (secondary N) is 1. The summed E-state index contributed by atoms with van der Waals surface area (Å²) in [5.41, 5.74) is 3.39. The number of halogens is 2. The molecule has 0 aliphatic rings. The zero-order valence-corrected chi connectivity index (χ0v) is 14.8. The predicted molar refractivity (Wildman–Crippen MR) is 89.6 cm³/mol. The summed E-state index contributed by atoms with van der Waals surface area (Å²) in [7, 11) is 0. The second-order valence-electron chi connectivity index (χ2n) is 5.67. The highest BCUT2D eigenvalue weighted by molar-refractivity contribution is 9.10. The first-order valence-corrected chi connectivity index (χ1v) is 8.01. The van der Waals surface area contributed by atoms with E-state index in [1.807, 2.05) is 19.9 Å². The highest BCUT2D eigenvalue weighted by Gasteiger charge is 2.17. The highest BCUT2D eigenvalue weighted by Crippen LogP contribution is 2.21. The van der Waals surface area contributed by atoms with Gasteiger partial charge < -0.3 is 9.88 Å². The number of nitrogens with zero attached hydrogens (tertiary/aromatic N) is 1. The Balaban J connectivity index is 2.16. The molecule has 1 heterocycles. The molecule has 0 saturated heterocycles. The summed E-state index contributed by atoms with van der Waals surface area (Å²) in [5, 5.41) is 2.85. The smallest absolute Gasteiger partial charge is 0.253 e. The molecule has 5 heteroatoms. The van der Waals surface area contributed by atoms with Gasteiger partial charge in [-0.05, 0) is 57.5 Å². The highest BCUT2D eigenvalue weighted by atomic mass is 79.9. The number of benzene rings is 1. The summed E-state index contributed by atoms with van der Waals surface area (Å²) >= 11 is 3.36. The average molecular weight is 367 g/mol. The number of carbonyl (C=O) groups is 1. The van der Waals surface area contributed by atoms with Crippen molar-refractivity contribution in [2.24, 2.45) is 0 Å². The Labute approximate surface area is 138 Å². The van der Waals surface area contributed by atoms with E-state index in [9.17, 15) is 9.18 Å². The Morgan fingerprint density at radius 2 is 2.00 bits per heavy atom. The molecule has 0 radical (unpaired) electrons. The van der Waals surface area contributed by atoms with Crippen molar-refractivity contribution in [1.29, 1.82) is 0 Å². The maximum atomic E-state index is 13.3. The summed E-state index contributed by atoms with van der Waals surface area (Å²) in [5.74, 6) is -0.457. The van der Waals surface area contributed by atoms with E-state index >= 15 is 0 Å². The fourth-order valence-electron chi connectivity index (χ4n) is 2.75. The molecule has 0 bridgehead atoms. The zero-order chi connectivity index (χ0) is 16.4. The molecule has 0 aliphatic heterocycles. The zero-order valence-electron chi connectivity index (χ0n) is 13.2. The molecule has 1 amide bonds. The molecule has 22 heavy (non-hydrogen) atoms. The van der Waals surface area contributed by atoms with Crippen LogP contribution in [0.5, 0.6) is 0 Å². The Hall–Kier alpha value is -1.62. The molecule has 2 rings (SSSR count). The summed E-state index contributed by atoms with van der Waals surface area (Å²) in [4.78, 5) is 12.4. The molecular weight excluding hydrogens is 347 g/mol. The molecule has 1 N–H and O–H groups in total. The summed E-state index contributed by atoms with van der Waals surface area (Å²) in [6.07, 6.45) is 0. The van der Waals surface area contributed by atoms with E-state index in [4.69, 9.17) is 0 Å². The van der Waals surface area contributed by atoms with Gasteiger partial charge in [-0.2, -0.15) is 0 Å². The first-order chi connectivity index (χ1) is 10.3. The van der Waals surface area contributed by atoms with Crippen LogP contribution in [0.4, 0.5) is 4.39 Å². The molecule has 0 atom stereocenters. The fourth-order valence-corrected chi connectivity index (χ4v) is 3.14. The Morgan fingerprint density at radius 1 is 1.32 bits per heavy atom. The van der Waals surface area contributed by atoms with Gasteiger partial charge in [-0.1, -0.05) is 15.9 Å². The van der Waals surface area contributed by atoms with Crippen molar-refractivity contribution in [2.45, 2.75) is 40.3 Å². The fraction of sp³-hybridized carbons (Fsp3) is 0.353. The van der Waals surface area contributed by atoms with Crippen LogP contribution in [0.1, 0.15) is 47.2 Å². The Kier molecular flexibility index (Phi) is 5.06. The minimum Gasteiger partial charge on any atom is -0.348 e. The van der Waals surface area contributed by atoms with Gasteiger partial charge in [0, 0.05) is 28.4 Å². The minimum absolute atomic E-state index is 0.142. The van der Waals surface area contributed by atoms with Gasteiger partial charge in [0.05, 0.1) is 5.56 Å². The summed E-state index contributed by atoms with van der Waals surface area (Å²) in [6.45, 7) is 8.40. The number of aromatic nitrogens is 1. The lowest BCUT2D eigenvalue weighted by atomic mass is 10.2. The molecule has 1 aromatic carbocycles. The van der Waals surface area contributed by atoms with Gasteiger partial charge in [0.2, 0.25) is 0 Å². The standard InChI is InChI=1S/C17H20BrFN2O/c1-10(2)21-11(3)7-15(12(21)4)17(22)20-9-13-8-14(19)5-6-16(13)18/h5-8,10H,9H2,1-4H3,(H,20,22). The van der Waals surface area contributed by atoms with Gasteiger partial charge in [0.25, 0.3) is 5.91 Å². The van der Waals surface area contributed by atoms with Crippen molar-refractivity contribution < 1.29 is 9.18 Å². The van der Waals surface area contributed by atoms with Crippen LogP contribution >= 0.6 is 15.9 Å². The van der Waals surface area contributed by atoms with Crippen LogP contribution < -0.4 is 5.32 Å². The second-order valence-corrected chi connectivity index (χ2v) is 6.52. The Morgan fingerprint density at radius 3 is 2.59 bits per heavy atom. The van der Waals surface area contributed by atoms with Crippen LogP contribution in [-0.4, -0.2) is 10.5 Å². The number of hydrogen-bond acceptors (Lipinski definition) is 1. The number of rotatable bonds is 4. The van der Waals surface area contributed by atoms with Crippen LogP contribution in [0.15, 0.2) is 28.7 Å². The third kappa shape index (κ3) is 3.40. The first-order valence-electron chi connectivity index (χ1n) is 7.21. The summed E-state index contributed by atoms with van der Waals surface area (Å²) < 4.78 is 16.2. The molecule has 1 aromatic heterocycles. The van der Waals surface area contributed by atoms with Crippen molar-refractivity contribution in [3.63, 3.8) is 0 Å². The summed E-state index contributed by atoms with van der Waals surface area (Å²) in [6, 6.07) is 6.64. The largest absolute Gasteiger partial charge is 0.348 e. The lowest BCUT2D eigenvalue weighted by molar-refractivity contribution is 0.0950. The van der Waals surface area contributed by atoms with E-state index in [0.29, 0.717) is 17.2 Å². The normalized spacial score (nSPS) is 11.0. The van der Waals surface area contributed by atoms with Crippen molar-refractivity contribution in [3.8, 4) is 0 Å². The van der Waals surface area contributed by atoms with E-state index in [1.54, 1.807) is 6.07 Å². The molecule has 3 nitrogen and oxygen atoms in total. The molecule has 0 aliphatic carbocycles. The topological polar surface area (TPSA) is 34.0 Å². The molecule has 0 spiro atoms. The van der Waals surface area contributed by atoms with Crippen molar-refractivity contribution in [2.75, 3.05) is 0 Å². The van der Waals surface area contributed by atoms with E-state index in [0.717, 1.165) is 15.9 Å². The maximum Gasteiger partial charge on any atom is 0.253 e. The molecule has 118 valence electrons. The van der Waals surface area contributed by atoms with Crippen molar-refractivity contribution in [3.05, 3.63) is 57.1 Å². The quantitative estimate of drug-likeness (QED) is 0.847. The van der Waals surface area contributed by atoms with Gasteiger partial charge in [0.1, 0.15) is 5.82 Å². The number of hydrogen-bond donors (Lipinski definition) is 1. The predicted octanol–water partition coefficient (Wildman–Crippen LogP) is 4.52. The van der Waals surface area contributed by atoms with Gasteiger partial charge >= 0.3 is 0 Å². The van der Waals surface area contributed by atoms with Gasteiger partial charge in [-0.15, -0.1) is 0 Å². The Bertz CT molecular complexity index is 707. The van der Waals surface area contributed by atoms with Gasteiger partial charge in [-0.3, -0.25) is 4.79 Å². The van der Waals surface area contributed by atoms with E-state index in [-0.39, 0.29) is 18.3 Å². The minimum atomic E-state index is -0.314. The van der Waals surface area contributed by atoms with Crippen LogP contribution in [-0.2, 0) is 6.54 Å². The number of carbonyl (C=O) groups excluding carboxylic acids is 1. The average Bonchev–Trinajstić information content (AvgIpc) is 2.74. The SMILES string of the molecule is Cc1cc(C(=O)NCc2cc(F)ccc2Br)c(C)n1C(C)C. The molecular formula is C17H20BrFN2O. The van der Waals surface area contributed by atoms with E-state index in [2.05, 4.69) is 39.7 Å². The lowest BCUT2D eigenvalue weighted by Crippen LogP contribution is -2.23. The van der Waals surface area contributed by atoms with Crippen LogP contribution in [0.2, 0.25) is 0 Å². The van der Waals surface area contributed by atoms with Crippen molar-refractivity contribution in [1.82, 2.24) is 9.88 Å².